The van der Waals surface area contributed by atoms with Gasteiger partial charge in [-0.1, -0.05) is 18.2 Å². The summed E-state index contributed by atoms with van der Waals surface area (Å²) in [5, 5.41) is 3.59. The first-order valence-corrected chi connectivity index (χ1v) is 7.55. The van der Waals surface area contributed by atoms with E-state index in [4.69, 9.17) is 9.47 Å². The number of hydrogen-bond acceptors (Lipinski definition) is 5. The highest BCUT2D eigenvalue weighted by Gasteiger charge is 2.07. The van der Waals surface area contributed by atoms with Crippen LogP contribution in [0.15, 0.2) is 54.7 Å². The minimum absolute atomic E-state index is 0.219. The summed E-state index contributed by atoms with van der Waals surface area (Å²) in [7, 11) is 1.62. The molecule has 1 aromatic carbocycles. The number of fused-ring (bicyclic) bond motifs is 1. The normalized spacial score (nSPS) is 10.4. The van der Waals surface area contributed by atoms with Crippen LogP contribution in [0.25, 0.3) is 11.0 Å². The number of pyridine rings is 2. The van der Waals surface area contributed by atoms with Gasteiger partial charge < -0.3 is 14.8 Å². The Kier molecular flexibility index (Phi) is 4.86. The van der Waals surface area contributed by atoms with Gasteiger partial charge in [0.25, 0.3) is 0 Å². The highest BCUT2D eigenvalue weighted by Crippen LogP contribution is 2.17. The second kappa shape index (κ2) is 7.41. The standard InChI is InChI=1S/C18H17N3O3/c1-23-15-7-3-2-5-13(15)10-12-20-18(22)24-16-9-8-14-6-4-11-19-17(14)21-16/h2-9,11H,10,12H2,1H3,(H,20,22). The van der Waals surface area contributed by atoms with Gasteiger partial charge in [0.2, 0.25) is 5.88 Å². The summed E-state index contributed by atoms with van der Waals surface area (Å²) in [4.78, 5) is 20.2. The topological polar surface area (TPSA) is 73.3 Å². The van der Waals surface area contributed by atoms with E-state index >= 15 is 0 Å². The maximum atomic E-state index is 11.9. The Balaban J connectivity index is 1.55. The van der Waals surface area contributed by atoms with Crippen molar-refractivity contribution < 1.29 is 14.3 Å². The molecule has 0 spiro atoms. The summed E-state index contributed by atoms with van der Waals surface area (Å²) in [5.74, 6) is 1.02. The lowest BCUT2D eigenvalue weighted by Crippen LogP contribution is -2.29. The Bertz CT molecular complexity index is 852. The first kappa shape index (κ1) is 15.7. The van der Waals surface area contributed by atoms with Crippen LogP contribution in [0.1, 0.15) is 5.56 Å². The largest absolute Gasteiger partial charge is 0.496 e. The molecule has 0 aliphatic heterocycles. The first-order chi connectivity index (χ1) is 11.8. The van der Waals surface area contributed by atoms with Crippen LogP contribution in [0, 0.1) is 0 Å². The van der Waals surface area contributed by atoms with Crippen LogP contribution in [0.5, 0.6) is 11.6 Å². The number of para-hydroxylation sites is 1. The van der Waals surface area contributed by atoms with Crippen molar-refractivity contribution in [2.24, 2.45) is 0 Å². The number of nitrogens with one attached hydrogen (secondary N) is 1. The molecule has 0 saturated heterocycles. The number of benzene rings is 1. The van der Waals surface area contributed by atoms with Gasteiger partial charge in [0.15, 0.2) is 5.65 Å². The molecule has 0 fully saturated rings. The van der Waals surface area contributed by atoms with Crippen LogP contribution in [0.2, 0.25) is 0 Å². The number of ether oxygens (including phenoxy) is 2. The summed E-state index contributed by atoms with van der Waals surface area (Å²) in [6.45, 7) is 0.436. The fourth-order valence-electron chi connectivity index (χ4n) is 2.33. The zero-order chi connectivity index (χ0) is 16.8. The Morgan fingerprint density at radius 2 is 2.00 bits per heavy atom. The highest BCUT2D eigenvalue weighted by molar-refractivity contribution is 5.76. The number of aromatic nitrogens is 2. The van der Waals surface area contributed by atoms with E-state index in [9.17, 15) is 4.79 Å². The maximum Gasteiger partial charge on any atom is 0.413 e. The molecule has 0 atom stereocenters. The SMILES string of the molecule is COc1ccccc1CCNC(=O)Oc1ccc2cccnc2n1. The van der Waals surface area contributed by atoms with Crippen molar-refractivity contribution in [2.75, 3.05) is 13.7 Å². The van der Waals surface area contributed by atoms with Gasteiger partial charge in [-0.25, -0.2) is 9.78 Å². The fourth-order valence-corrected chi connectivity index (χ4v) is 2.33. The molecule has 2 aromatic heterocycles. The maximum absolute atomic E-state index is 11.9. The second-order valence-corrected chi connectivity index (χ2v) is 5.08. The Morgan fingerprint density at radius 1 is 1.12 bits per heavy atom. The average Bonchev–Trinajstić information content (AvgIpc) is 2.62. The summed E-state index contributed by atoms with van der Waals surface area (Å²) < 4.78 is 10.5. The van der Waals surface area contributed by atoms with Crippen molar-refractivity contribution in [1.82, 2.24) is 15.3 Å². The number of carbonyl (C=O) groups excluding carboxylic acids is 1. The molecule has 24 heavy (non-hydrogen) atoms. The predicted molar refractivity (Wildman–Crippen MR) is 90.3 cm³/mol. The molecule has 6 nitrogen and oxygen atoms in total. The number of nitrogens with zero attached hydrogens (tertiary/aromatic N) is 2. The molecule has 0 saturated carbocycles. The van der Waals surface area contributed by atoms with Gasteiger partial charge in [0, 0.05) is 24.2 Å². The van der Waals surface area contributed by atoms with Gasteiger partial charge in [0.05, 0.1) is 7.11 Å². The minimum Gasteiger partial charge on any atom is -0.496 e. The summed E-state index contributed by atoms with van der Waals surface area (Å²) in [6.07, 6.45) is 1.74. The lowest BCUT2D eigenvalue weighted by molar-refractivity contribution is 0.199. The third-order valence-corrected chi connectivity index (χ3v) is 3.49. The number of rotatable bonds is 5. The highest BCUT2D eigenvalue weighted by atomic mass is 16.6. The van der Waals surface area contributed by atoms with Gasteiger partial charge in [-0.15, -0.1) is 0 Å². The molecule has 2 heterocycles. The molecule has 0 aliphatic rings. The zero-order valence-electron chi connectivity index (χ0n) is 13.2. The van der Waals surface area contributed by atoms with Crippen molar-refractivity contribution in [3.8, 4) is 11.6 Å². The fraction of sp³-hybridized carbons (Fsp3) is 0.167. The van der Waals surface area contributed by atoms with Crippen molar-refractivity contribution in [1.29, 1.82) is 0 Å². The molecule has 0 bridgehead atoms. The molecule has 122 valence electrons. The van der Waals surface area contributed by atoms with Gasteiger partial charge in [-0.05, 0) is 36.2 Å². The molecular weight excluding hydrogens is 306 g/mol. The molecule has 6 heteroatoms. The van der Waals surface area contributed by atoms with Crippen molar-refractivity contribution in [2.45, 2.75) is 6.42 Å². The van der Waals surface area contributed by atoms with E-state index in [2.05, 4.69) is 15.3 Å². The van der Waals surface area contributed by atoms with Gasteiger partial charge in [-0.2, -0.15) is 4.98 Å². The van der Waals surface area contributed by atoms with Crippen LogP contribution < -0.4 is 14.8 Å². The Labute approximate surface area is 139 Å². The van der Waals surface area contributed by atoms with Gasteiger partial charge in [0.1, 0.15) is 5.75 Å². The van der Waals surface area contributed by atoms with E-state index in [1.54, 1.807) is 19.4 Å². The van der Waals surface area contributed by atoms with Crippen LogP contribution >= 0.6 is 0 Å². The van der Waals surface area contributed by atoms with E-state index in [1.807, 2.05) is 42.5 Å². The van der Waals surface area contributed by atoms with Crippen molar-refractivity contribution in [3.05, 3.63) is 60.3 Å². The lowest BCUT2D eigenvalue weighted by Gasteiger charge is -2.09. The van der Waals surface area contributed by atoms with E-state index in [-0.39, 0.29) is 5.88 Å². The average molecular weight is 323 g/mol. The Hall–Kier alpha value is -3.15. The molecular formula is C18H17N3O3. The second-order valence-electron chi connectivity index (χ2n) is 5.08. The van der Waals surface area contributed by atoms with Crippen molar-refractivity contribution >= 4 is 17.1 Å². The number of methoxy groups -OCH3 is 1. The number of hydrogen-bond donors (Lipinski definition) is 1. The monoisotopic (exact) mass is 323 g/mol. The molecule has 1 amide bonds. The molecule has 0 aliphatic carbocycles. The smallest absolute Gasteiger partial charge is 0.413 e. The molecule has 0 radical (unpaired) electrons. The van der Waals surface area contributed by atoms with Crippen LogP contribution in [0.4, 0.5) is 4.79 Å². The van der Waals surface area contributed by atoms with E-state index < -0.39 is 6.09 Å². The third kappa shape index (κ3) is 3.78. The quantitative estimate of drug-likeness (QED) is 0.781. The molecule has 0 unspecified atom stereocenters. The number of carbonyl (C=O) groups is 1. The zero-order valence-corrected chi connectivity index (χ0v) is 13.2. The summed E-state index contributed by atoms with van der Waals surface area (Å²) >= 11 is 0. The third-order valence-electron chi connectivity index (χ3n) is 3.49. The minimum atomic E-state index is -0.548. The summed E-state index contributed by atoms with van der Waals surface area (Å²) in [5.41, 5.74) is 1.56. The van der Waals surface area contributed by atoms with Crippen LogP contribution in [-0.2, 0) is 6.42 Å². The van der Waals surface area contributed by atoms with E-state index in [0.29, 0.717) is 18.6 Å². The van der Waals surface area contributed by atoms with Crippen LogP contribution in [-0.4, -0.2) is 29.7 Å². The molecule has 1 N–H and O–H groups in total. The summed E-state index contributed by atoms with van der Waals surface area (Å²) in [6, 6.07) is 14.9. The van der Waals surface area contributed by atoms with Gasteiger partial charge >= 0.3 is 6.09 Å². The molecule has 3 rings (SSSR count). The van der Waals surface area contributed by atoms with Crippen molar-refractivity contribution in [3.63, 3.8) is 0 Å². The number of amides is 1. The predicted octanol–water partition coefficient (Wildman–Crippen LogP) is 2.97. The van der Waals surface area contributed by atoms with E-state index in [0.717, 1.165) is 16.7 Å². The van der Waals surface area contributed by atoms with Crippen LogP contribution in [0.3, 0.4) is 0 Å². The van der Waals surface area contributed by atoms with Gasteiger partial charge in [-0.3, -0.25) is 0 Å². The first-order valence-electron chi connectivity index (χ1n) is 7.55. The molecule has 3 aromatic rings. The Morgan fingerprint density at radius 3 is 2.88 bits per heavy atom. The van der Waals surface area contributed by atoms with E-state index in [1.165, 1.54) is 0 Å². The lowest BCUT2D eigenvalue weighted by atomic mass is 10.1.